The quantitative estimate of drug-likeness (QED) is 0.194. The molecule has 0 bridgehead atoms. The number of aliphatic carboxylic acids is 1. The van der Waals surface area contributed by atoms with E-state index in [9.17, 15) is 9.59 Å². The molecule has 0 aromatic rings. The summed E-state index contributed by atoms with van der Waals surface area (Å²) in [6.07, 6.45) is 20.8. The number of Topliss-reactive ketones (excluding diaryl/α,β-unsaturated/α-hetero) is 1. The summed E-state index contributed by atoms with van der Waals surface area (Å²) in [5.74, 6) is -1.23. The fourth-order valence-electron chi connectivity index (χ4n) is 3.15. The van der Waals surface area contributed by atoms with Gasteiger partial charge in [-0.25, -0.2) is 0 Å². The van der Waals surface area contributed by atoms with Crippen molar-refractivity contribution in [3.8, 4) is 0 Å². The maximum Gasteiger partial charge on any atom is 0.328 e. The Bertz CT molecular complexity index is 391. The number of carboxylic acids is 1. The number of carboxylic acid groups (broad SMARTS) is 1. The number of hydrogen-bond acceptors (Lipinski definition) is 3. The minimum absolute atomic E-state index is 0.180. The molecular formula is C22H41NO3. The Labute approximate surface area is 161 Å². The third-order valence-electron chi connectivity index (χ3n) is 4.74. The molecule has 26 heavy (non-hydrogen) atoms. The average molecular weight is 368 g/mol. The molecule has 4 nitrogen and oxygen atoms in total. The summed E-state index contributed by atoms with van der Waals surface area (Å²) in [4.78, 5) is 24.5. The summed E-state index contributed by atoms with van der Waals surface area (Å²) >= 11 is 0. The number of allylic oxidation sites excluding steroid dienone is 2. The van der Waals surface area contributed by atoms with E-state index in [0.717, 1.165) is 25.7 Å². The van der Waals surface area contributed by atoms with E-state index in [0.29, 0.717) is 6.42 Å². The molecule has 0 rings (SSSR count). The van der Waals surface area contributed by atoms with Crippen LogP contribution in [-0.2, 0) is 9.59 Å². The van der Waals surface area contributed by atoms with Crippen molar-refractivity contribution < 1.29 is 14.7 Å². The van der Waals surface area contributed by atoms with Crippen LogP contribution in [0.15, 0.2) is 12.2 Å². The number of carbonyl (C=O) groups excluding carboxylic acids is 1. The largest absolute Gasteiger partial charge is 0.480 e. The van der Waals surface area contributed by atoms with E-state index >= 15 is 0 Å². The second-order valence-corrected chi connectivity index (χ2v) is 7.50. The van der Waals surface area contributed by atoms with Crippen molar-refractivity contribution in [3.05, 3.63) is 12.2 Å². The number of nitrogens with zero attached hydrogens (tertiary/aromatic N) is 1. The topological polar surface area (TPSA) is 57.6 Å². The fourth-order valence-corrected chi connectivity index (χ4v) is 3.15. The Kier molecular flexibility index (Phi) is 16.5. The van der Waals surface area contributed by atoms with Gasteiger partial charge in [0.25, 0.3) is 0 Å². The highest BCUT2D eigenvalue weighted by Crippen LogP contribution is 2.11. The molecule has 0 spiro atoms. The summed E-state index contributed by atoms with van der Waals surface area (Å²) in [7, 11) is 3.27. The van der Waals surface area contributed by atoms with Crippen LogP contribution in [0.4, 0.5) is 0 Å². The van der Waals surface area contributed by atoms with Gasteiger partial charge in [0.05, 0.1) is 0 Å². The lowest BCUT2D eigenvalue weighted by atomic mass is 10.0. The number of rotatable bonds is 18. The normalized spacial score (nSPS) is 12.8. The number of unbranched alkanes of at least 4 members (excludes halogenated alkanes) is 11. The van der Waals surface area contributed by atoms with E-state index in [-0.39, 0.29) is 5.78 Å². The molecule has 0 aromatic carbocycles. The Morgan fingerprint density at radius 2 is 1.27 bits per heavy atom. The molecule has 0 aliphatic carbocycles. The van der Waals surface area contributed by atoms with E-state index < -0.39 is 12.0 Å². The Morgan fingerprint density at radius 3 is 1.73 bits per heavy atom. The van der Waals surface area contributed by atoms with Crippen molar-refractivity contribution in [3.63, 3.8) is 0 Å². The molecule has 0 saturated heterocycles. The van der Waals surface area contributed by atoms with E-state index in [1.807, 2.05) is 0 Å². The van der Waals surface area contributed by atoms with Crippen molar-refractivity contribution in [1.82, 2.24) is 4.90 Å². The molecule has 152 valence electrons. The van der Waals surface area contributed by atoms with Crippen LogP contribution in [0.25, 0.3) is 0 Å². The molecule has 1 N–H and O–H groups in total. The second kappa shape index (κ2) is 17.3. The minimum atomic E-state index is -1.05. The van der Waals surface area contributed by atoms with Gasteiger partial charge in [-0.1, -0.05) is 70.4 Å². The van der Waals surface area contributed by atoms with Gasteiger partial charge in [-0.15, -0.1) is 0 Å². The summed E-state index contributed by atoms with van der Waals surface area (Å²) in [6, 6.07) is -0.994. The minimum Gasteiger partial charge on any atom is -0.480 e. The van der Waals surface area contributed by atoms with Gasteiger partial charge in [0, 0.05) is 6.42 Å². The number of ketones is 1. The summed E-state index contributed by atoms with van der Waals surface area (Å²) in [5.41, 5.74) is 0. The first-order valence-electron chi connectivity index (χ1n) is 10.6. The van der Waals surface area contributed by atoms with Crippen molar-refractivity contribution in [1.29, 1.82) is 0 Å². The lowest BCUT2D eigenvalue weighted by molar-refractivity contribution is -0.146. The predicted molar refractivity (Wildman–Crippen MR) is 110 cm³/mol. The maximum absolute atomic E-state index is 11.9. The zero-order valence-corrected chi connectivity index (χ0v) is 17.3. The van der Waals surface area contributed by atoms with Crippen LogP contribution in [0.3, 0.4) is 0 Å². The first-order valence-corrected chi connectivity index (χ1v) is 10.6. The Balaban J connectivity index is 3.47. The van der Waals surface area contributed by atoms with Gasteiger partial charge in [-0.05, 0) is 46.2 Å². The zero-order valence-electron chi connectivity index (χ0n) is 17.3. The van der Waals surface area contributed by atoms with Crippen LogP contribution < -0.4 is 0 Å². The van der Waals surface area contributed by atoms with E-state index in [1.165, 1.54) is 62.7 Å². The number of hydrogen-bond donors (Lipinski definition) is 1. The lowest BCUT2D eigenvalue weighted by Crippen LogP contribution is -2.42. The number of likely N-dealkylation sites (N-methyl/N-ethyl adjacent to an activating group) is 1. The lowest BCUT2D eigenvalue weighted by Gasteiger charge is -2.18. The summed E-state index contributed by atoms with van der Waals surface area (Å²) < 4.78 is 0. The van der Waals surface area contributed by atoms with Gasteiger partial charge >= 0.3 is 5.97 Å². The first-order chi connectivity index (χ1) is 12.5. The van der Waals surface area contributed by atoms with Gasteiger partial charge in [0.15, 0.2) is 11.8 Å². The van der Waals surface area contributed by atoms with Crippen LogP contribution in [0, 0.1) is 0 Å². The van der Waals surface area contributed by atoms with E-state index in [1.54, 1.807) is 14.1 Å². The summed E-state index contributed by atoms with van der Waals surface area (Å²) in [5, 5.41) is 9.07. The predicted octanol–water partition coefficient (Wildman–Crippen LogP) is 5.61. The molecule has 0 aliphatic rings. The third kappa shape index (κ3) is 14.1. The first kappa shape index (κ1) is 24.8. The van der Waals surface area contributed by atoms with E-state index in [2.05, 4.69) is 19.1 Å². The molecule has 0 heterocycles. The SMILES string of the molecule is CCCCCCCC/C=C\CCCCCCCC(=O)[C@@H](C(=O)O)N(C)C. The standard InChI is InChI=1S/C22H41NO3/c1-4-5-6-7-8-9-10-11-12-13-14-15-16-17-18-19-20(24)21(22(25)26)23(2)3/h11-12,21H,4-10,13-19H2,1-3H3,(H,25,26)/b12-11-/t21-/m0/s1. The van der Waals surface area contributed by atoms with Crippen LogP contribution in [0.2, 0.25) is 0 Å². The monoisotopic (exact) mass is 367 g/mol. The Morgan fingerprint density at radius 1 is 0.808 bits per heavy atom. The third-order valence-corrected chi connectivity index (χ3v) is 4.74. The van der Waals surface area contributed by atoms with Crippen molar-refractivity contribution in [2.24, 2.45) is 0 Å². The molecule has 0 fully saturated rings. The molecule has 1 atom stereocenters. The zero-order chi connectivity index (χ0) is 19.6. The smallest absolute Gasteiger partial charge is 0.328 e. The highest BCUT2D eigenvalue weighted by atomic mass is 16.4. The van der Waals surface area contributed by atoms with Crippen LogP contribution in [0.1, 0.15) is 96.8 Å². The molecule has 4 heteroatoms. The van der Waals surface area contributed by atoms with Gasteiger partial charge in [0.1, 0.15) is 0 Å². The molecule has 0 saturated carbocycles. The fraction of sp³-hybridized carbons (Fsp3) is 0.818. The van der Waals surface area contributed by atoms with Crippen molar-refractivity contribution >= 4 is 11.8 Å². The average Bonchev–Trinajstić information content (AvgIpc) is 2.57. The molecule has 0 aromatic heterocycles. The second-order valence-electron chi connectivity index (χ2n) is 7.50. The van der Waals surface area contributed by atoms with Crippen LogP contribution >= 0.6 is 0 Å². The highest BCUT2D eigenvalue weighted by Gasteiger charge is 2.27. The highest BCUT2D eigenvalue weighted by molar-refractivity contribution is 6.02. The van der Waals surface area contributed by atoms with Crippen LogP contribution in [0.5, 0.6) is 0 Å². The van der Waals surface area contributed by atoms with Gasteiger partial charge in [-0.3, -0.25) is 14.5 Å². The molecule has 0 amide bonds. The van der Waals surface area contributed by atoms with Crippen molar-refractivity contribution in [2.45, 2.75) is 103 Å². The number of carbonyl (C=O) groups is 2. The van der Waals surface area contributed by atoms with Gasteiger partial charge < -0.3 is 5.11 Å². The maximum atomic E-state index is 11.9. The van der Waals surface area contributed by atoms with E-state index in [4.69, 9.17) is 5.11 Å². The molecule has 0 unspecified atom stereocenters. The molecule has 0 radical (unpaired) electrons. The molecule has 0 aliphatic heterocycles. The Hall–Kier alpha value is -1.16. The van der Waals surface area contributed by atoms with Gasteiger partial charge in [-0.2, -0.15) is 0 Å². The van der Waals surface area contributed by atoms with Crippen LogP contribution in [-0.4, -0.2) is 41.9 Å². The van der Waals surface area contributed by atoms with Gasteiger partial charge in [0.2, 0.25) is 0 Å². The molecular weight excluding hydrogens is 326 g/mol. The van der Waals surface area contributed by atoms with Crippen molar-refractivity contribution in [2.75, 3.05) is 14.1 Å². The summed E-state index contributed by atoms with van der Waals surface area (Å²) in [6.45, 7) is 2.25.